The van der Waals surface area contributed by atoms with E-state index in [9.17, 15) is 4.79 Å². The molecule has 2 heterocycles. The van der Waals surface area contributed by atoms with Crippen molar-refractivity contribution in [3.8, 4) is 0 Å². The lowest BCUT2D eigenvalue weighted by Gasteiger charge is -2.14. The monoisotopic (exact) mass is 305 g/mol. The van der Waals surface area contributed by atoms with E-state index >= 15 is 0 Å². The molecule has 0 radical (unpaired) electrons. The number of halogens is 1. The Morgan fingerprint density at radius 3 is 2.93 bits per heavy atom. The van der Waals surface area contributed by atoms with E-state index in [2.05, 4.69) is 27.7 Å². The predicted octanol–water partition coefficient (Wildman–Crippen LogP) is 1.11. The Kier molecular flexibility index (Phi) is 3.05. The highest BCUT2D eigenvalue weighted by molar-refractivity contribution is 14.1. The third-order valence-electron chi connectivity index (χ3n) is 2.37. The van der Waals surface area contributed by atoms with Crippen LogP contribution in [0.25, 0.3) is 0 Å². The maximum atomic E-state index is 11.3. The van der Waals surface area contributed by atoms with Crippen LogP contribution in [0.3, 0.4) is 0 Å². The zero-order valence-electron chi connectivity index (χ0n) is 7.82. The minimum atomic E-state index is 0.284. The first kappa shape index (κ1) is 9.95. The van der Waals surface area contributed by atoms with Crippen LogP contribution in [0.4, 0.5) is 0 Å². The summed E-state index contributed by atoms with van der Waals surface area (Å²) < 4.78 is 3.02. The predicted molar refractivity (Wildman–Crippen MR) is 60.8 cm³/mol. The molecular weight excluding hydrogens is 293 g/mol. The third-order valence-corrected chi connectivity index (χ3v) is 2.93. The lowest BCUT2D eigenvalue weighted by molar-refractivity contribution is -0.127. The van der Waals surface area contributed by atoms with Crippen molar-refractivity contribution in [1.29, 1.82) is 0 Å². The molecule has 2 rings (SSSR count). The lowest BCUT2D eigenvalue weighted by atomic mass is 10.4. The van der Waals surface area contributed by atoms with Crippen molar-refractivity contribution >= 4 is 28.5 Å². The summed E-state index contributed by atoms with van der Waals surface area (Å²) in [6.45, 7) is 2.50. The average Bonchev–Trinajstić information content (AvgIpc) is 2.72. The van der Waals surface area contributed by atoms with Gasteiger partial charge in [-0.2, -0.15) is 5.10 Å². The quantitative estimate of drug-likeness (QED) is 0.785. The van der Waals surface area contributed by atoms with Gasteiger partial charge in [-0.25, -0.2) is 0 Å². The van der Waals surface area contributed by atoms with Gasteiger partial charge in [-0.1, -0.05) is 0 Å². The van der Waals surface area contributed by atoms with Crippen molar-refractivity contribution in [3.63, 3.8) is 0 Å². The van der Waals surface area contributed by atoms with Crippen molar-refractivity contribution in [1.82, 2.24) is 14.7 Å². The molecule has 1 aromatic rings. The molecule has 0 spiro atoms. The molecule has 5 heteroatoms. The van der Waals surface area contributed by atoms with Gasteiger partial charge in [0.15, 0.2) is 0 Å². The zero-order valence-corrected chi connectivity index (χ0v) is 9.98. The van der Waals surface area contributed by atoms with Crippen LogP contribution >= 0.6 is 22.6 Å². The van der Waals surface area contributed by atoms with Crippen LogP contribution in [0.5, 0.6) is 0 Å². The van der Waals surface area contributed by atoms with Crippen LogP contribution in [0.1, 0.15) is 12.8 Å². The Hall–Kier alpha value is -0.590. The summed E-state index contributed by atoms with van der Waals surface area (Å²) in [4.78, 5) is 13.2. The number of likely N-dealkylation sites (tertiary alicyclic amines) is 1. The highest BCUT2D eigenvalue weighted by Crippen LogP contribution is 2.09. The van der Waals surface area contributed by atoms with Crippen LogP contribution in [0, 0.1) is 3.57 Å². The number of hydrogen-bond acceptors (Lipinski definition) is 2. The van der Waals surface area contributed by atoms with Crippen molar-refractivity contribution in [2.75, 3.05) is 13.1 Å². The molecular formula is C9H12IN3O. The van der Waals surface area contributed by atoms with Gasteiger partial charge >= 0.3 is 0 Å². The first-order valence-corrected chi connectivity index (χ1v) is 5.79. The number of nitrogens with zero attached hydrogens (tertiary/aromatic N) is 3. The van der Waals surface area contributed by atoms with Gasteiger partial charge in [0.1, 0.15) is 0 Å². The van der Waals surface area contributed by atoms with Crippen LogP contribution in [0.2, 0.25) is 0 Å². The maximum absolute atomic E-state index is 11.3. The number of aromatic nitrogens is 2. The second-order valence-electron chi connectivity index (χ2n) is 3.41. The summed E-state index contributed by atoms with van der Waals surface area (Å²) >= 11 is 2.23. The highest BCUT2D eigenvalue weighted by Gasteiger charge is 2.19. The van der Waals surface area contributed by atoms with Crippen LogP contribution in [-0.2, 0) is 11.3 Å². The number of amides is 1. The molecule has 0 bridgehead atoms. The average molecular weight is 305 g/mol. The van der Waals surface area contributed by atoms with Crippen LogP contribution in [-0.4, -0.2) is 33.7 Å². The van der Waals surface area contributed by atoms with Gasteiger partial charge < -0.3 is 4.90 Å². The van der Waals surface area contributed by atoms with Gasteiger partial charge in [-0.3, -0.25) is 9.48 Å². The van der Waals surface area contributed by atoms with Gasteiger partial charge in [0.25, 0.3) is 0 Å². The smallest absolute Gasteiger partial charge is 0.222 e. The second kappa shape index (κ2) is 4.29. The molecule has 14 heavy (non-hydrogen) atoms. The van der Waals surface area contributed by atoms with Crippen molar-refractivity contribution in [2.45, 2.75) is 19.4 Å². The van der Waals surface area contributed by atoms with Crippen LogP contribution < -0.4 is 0 Å². The number of hydrogen-bond donors (Lipinski definition) is 0. The number of carbonyl (C=O) groups is 1. The Bertz CT molecular complexity index is 337. The van der Waals surface area contributed by atoms with Crippen molar-refractivity contribution in [3.05, 3.63) is 16.0 Å². The summed E-state index contributed by atoms with van der Waals surface area (Å²) in [5, 5.41) is 4.17. The minimum absolute atomic E-state index is 0.284. The topological polar surface area (TPSA) is 38.1 Å². The molecule has 1 aliphatic heterocycles. The molecule has 1 saturated heterocycles. The molecule has 4 nitrogen and oxygen atoms in total. The van der Waals surface area contributed by atoms with Gasteiger partial charge in [0.05, 0.1) is 16.3 Å². The van der Waals surface area contributed by atoms with E-state index in [0.717, 1.165) is 36.0 Å². The molecule has 1 aromatic heterocycles. The molecule has 1 fully saturated rings. The molecule has 0 N–H and O–H groups in total. The fourth-order valence-corrected chi connectivity index (χ4v) is 2.07. The molecule has 0 aromatic carbocycles. The minimum Gasteiger partial charge on any atom is -0.341 e. The fourth-order valence-electron chi connectivity index (χ4n) is 1.62. The lowest BCUT2D eigenvalue weighted by Crippen LogP contribution is -2.28. The maximum Gasteiger partial charge on any atom is 0.222 e. The SMILES string of the molecule is O=C1CCCN1CCn1cc(I)cn1. The summed E-state index contributed by atoms with van der Waals surface area (Å²) in [7, 11) is 0. The molecule has 0 aliphatic carbocycles. The Balaban J connectivity index is 1.85. The summed E-state index contributed by atoms with van der Waals surface area (Å²) in [5.41, 5.74) is 0. The first-order valence-electron chi connectivity index (χ1n) is 4.71. The van der Waals surface area contributed by atoms with Gasteiger partial charge in [-0.15, -0.1) is 0 Å². The summed E-state index contributed by atoms with van der Waals surface area (Å²) in [5.74, 6) is 0.284. The second-order valence-corrected chi connectivity index (χ2v) is 4.65. The van der Waals surface area contributed by atoms with Gasteiger partial charge in [0, 0.05) is 25.7 Å². The molecule has 0 saturated carbocycles. The zero-order chi connectivity index (χ0) is 9.97. The Morgan fingerprint density at radius 1 is 1.50 bits per heavy atom. The summed E-state index contributed by atoms with van der Waals surface area (Å²) in [6, 6.07) is 0. The van der Waals surface area contributed by atoms with E-state index in [1.54, 1.807) is 0 Å². The van der Waals surface area contributed by atoms with E-state index in [0.29, 0.717) is 0 Å². The molecule has 1 aliphatic rings. The fraction of sp³-hybridized carbons (Fsp3) is 0.556. The van der Waals surface area contributed by atoms with E-state index in [-0.39, 0.29) is 5.91 Å². The van der Waals surface area contributed by atoms with Gasteiger partial charge in [0.2, 0.25) is 5.91 Å². The molecule has 1 amide bonds. The largest absolute Gasteiger partial charge is 0.341 e. The van der Waals surface area contributed by atoms with E-state index < -0.39 is 0 Å². The Labute approximate surface area is 96.4 Å². The van der Waals surface area contributed by atoms with Crippen molar-refractivity contribution in [2.24, 2.45) is 0 Å². The normalized spacial score (nSPS) is 16.6. The molecule has 0 atom stereocenters. The van der Waals surface area contributed by atoms with E-state index in [1.807, 2.05) is 22.0 Å². The van der Waals surface area contributed by atoms with Crippen molar-refractivity contribution < 1.29 is 4.79 Å². The van der Waals surface area contributed by atoms with E-state index in [4.69, 9.17) is 0 Å². The molecule has 0 unspecified atom stereocenters. The number of carbonyl (C=O) groups excluding carboxylic acids is 1. The first-order chi connectivity index (χ1) is 6.75. The van der Waals surface area contributed by atoms with E-state index in [1.165, 1.54) is 0 Å². The van der Waals surface area contributed by atoms with Gasteiger partial charge in [-0.05, 0) is 29.0 Å². The standard InChI is InChI=1S/C9H12IN3O/c10-8-6-11-13(7-8)5-4-12-3-1-2-9(12)14/h6-7H,1-5H2. The highest BCUT2D eigenvalue weighted by atomic mass is 127. The molecule has 76 valence electrons. The Morgan fingerprint density at radius 2 is 2.36 bits per heavy atom. The van der Waals surface area contributed by atoms with Crippen LogP contribution in [0.15, 0.2) is 12.4 Å². The number of rotatable bonds is 3. The summed E-state index contributed by atoms with van der Waals surface area (Å²) in [6.07, 6.45) is 5.54. The third kappa shape index (κ3) is 2.26.